The zero-order valence-corrected chi connectivity index (χ0v) is 8.59. The van der Waals surface area contributed by atoms with Crippen molar-refractivity contribution in [2.24, 2.45) is 0 Å². The molecule has 88 valence electrons. The zero-order chi connectivity index (χ0) is 12.5. The Morgan fingerprint density at radius 2 is 2.00 bits per heavy atom. The van der Waals surface area contributed by atoms with E-state index in [1.54, 1.807) is 0 Å². The SMILES string of the molecule is Cc1cc(Cl)c(OC(F)(F)F)cc1[N+](=O)[O-]. The zero-order valence-electron chi connectivity index (χ0n) is 7.84. The van der Waals surface area contributed by atoms with Gasteiger partial charge in [-0.05, 0) is 13.0 Å². The van der Waals surface area contributed by atoms with Crippen molar-refractivity contribution in [1.82, 2.24) is 0 Å². The number of rotatable bonds is 2. The van der Waals surface area contributed by atoms with Gasteiger partial charge in [-0.15, -0.1) is 13.2 Å². The molecular weight excluding hydrogens is 251 g/mol. The Balaban J connectivity index is 3.20. The van der Waals surface area contributed by atoms with E-state index in [-0.39, 0.29) is 10.6 Å². The monoisotopic (exact) mass is 255 g/mol. The molecule has 4 nitrogen and oxygen atoms in total. The smallest absolute Gasteiger partial charge is 0.404 e. The summed E-state index contributed by atoms with van der Waals surface area (Å²) >= 11 is 5.46. The van der Waals surface area contributed by atoms with Gasteiger partial charge >= 0.3 is 6.36 Å². The van der Waals surface area contributed by atoms with Crippen LogP contribution in [0.5, 0.6) is 5.75 Å². The fourth-order valence-electron chi connectivity index (χ4n) is 1.04. The van der Waals surface area contributed by atoms with Gasteiger partial charge in [0.05, 0.1) is 16.0 Å². The van der Waals surface area contributed by atoms with Crippen molar-refractivity contribution in [2.45, 2.75) is 13.3 Å². The van der Waals surface area contributed by atoms with Gasteiger partial charge in [0.25, 0.3) is 5.69 Å². The van der Waals surface area contributed by atoms with E-state index in [0.29, 0.717) is 6.07 Å². The summed E-state index contributed by atoms with van der Waals surface area (Å²) in [6.07, 6.45) is -4.94. The average molecular weight is 256 g/mol. The topological polar surface area (TPSA) is 52.4 Å². The number of nitro benzene ring substituents is 1. The van der Waals surface area contributed by atoms with Crippen LogP contribution in [-0.4, -0.2) is 11.3 Å². The molecule has 0 aliphatic heterocycles. The van der Waals surface area contributed by atoms with E-state index in [1.807, 2.05) is 0 Å². The summed E-state index contributed by atoms with van der Waals surface area (Å²) in [4.78, 5) is 9.67. The standard InChI is InChI=1S/C8H5ClF3NO3/c1-4-2-5(9)7(16-8(10,11)12)3-6(4)13(14)15/h2-3H,1H3. The molecule has 0 aliphatic rings. The molecule has 0 heterocycles. The summed E-state index contributed by atoms with van der Waals surface area (Å²) in [6.45, 7) is 1.36. The van der Waals surface area contributed by atoms with Crippen LogP contribution in [0.1, 0.15) is 5.56 Å². The van der Waals surface area contributed by atoms with Gasteiger partial charge in [-0.3, -0.25) is 10.1 Å². The highest BCUT2D eigenvalue weighted by molar-refractivity contribution is 6.32. The number of ether oxygens (including phenoxy) is 1. The number of nitrogens with zero attached hydrogens (tertiary/aromatic N) is 1. The fourth-order valence-corrected chi connectivity index (χ4v) is 1.30. The Kier molecular flexibility index (Phi) is 3.27. The van der Waals surface area contributed by atoms with Gasteiger partial charge in [0, 0.05) is 5.56 Å². The van der Waals surface area contributed by atoms with Crippen LogP contribution in [0.25, 0.3) is 0 Å². The number of alkyl halides is 3. The summed E-state index contributed by atoms with van der Waals surface area (Å²) in [5.41, 5.74) is -0.326. The first-order chi connectivity index (χ1) is 7.20. The van der Waals surface area contributed by atoms with Crippen molar-refractivity contribution in [3.63, 3.8) is 0 Å². The maximum atomic E-state index is 11.9. The number of aryl methyl sites for hydroxylation is 1. The minimum atomic E-state index is -4.94. The Hall–Kier alpha value is -1.50. The third-order valence-corrected chi connectivity index (χ3v) is 1.97. The molecule has 0 N–H and O–H groups in total. The third-order valence-electron chi connectivity index (χ3n) is 1.67. The second kappa shape index (κ2) is 4.17. The van der Waals surface area contributed by atoms with Crippen molar-refractivity contribution in [2.75, 3.05) is 0 Å². The lowest BCUT2D eigenvalue weighted by molar-refractivity contribution is -0.385. The summed E-state index contributed by atoms with van der Waals surface area (Å²) in [5, 5.41) is 10.1. The van der Waals surface area contributed by atoms with Gasteiger partial charge in [-0.2, -0.15) is 0 Å². The van der Waals surface area contributed by atoms with Crippen LogP contribution in [0.3, 0.4) is 0 Å². The van der Waals surface area contributed by atoms with Crippen LogP contribution in [0.2, 0.25) is 5.02 Å². The van der Waals surface area contributed by atoms with Gasteiger partial charge < -0.3 is 4.74 Å². The molecule has 0 unspecified atom stereocenters. The predicted molar refractivity (Wildman–Crippen MR) is 49.5 cm³/mol. The first-order valence-corrected chi connectivity index (χ1v) is 4.29. The summed E-state index contributed by atoms with van der Waals surface area (Å²) in [6, 6.07) is 1.69. The Labute approximate surface area is 92.7 Å². The number of benzene rings is 1. The van der Waals surface area contributed by atoms with Crippen LogP contribution in [0, 0.1) is 17.0 Å². The molecule has 0 fully saturated rings. The number of halogens is 4. The summed E-state index contributed by atoms with van der Waals surface area (Å²) in [7, 11) is 0. The molecule has 1 aromatic carbocycles. The lowest BCUT2D eigenvalue weighted by Crippen LogP contribution is -2.17. The minimum absolute atomic E-state index is 0.157. The highest BCUT2D eigenvalue weighted by Gasteiger charge is 2.33. The van der Waals surface area contributed by atoms with Gasteiger partial charge in [-0.25, -0.2) is 0 Å². The first-order valence-electron chi connectivity index (χ1n) is 3.91. The normalized spacial score (nSPS) is 11.3. The number of nitro groups is 1. The van der Waals surface area contributed by atoms with Crippen molar-refractivity contribution in [3.8, 4) is 5.75 Å². The van der Waals surface area contributed by atoms with Gasteiger partial charge in [0.2, 0.25) is 0 Å². The maximum Gasteiger partial charge on any atom is 0.573 e. The first kappa shape index (κ1) is 12.6. The third kappa shape index (κ3) is 2.99. The molecule has 0 spiro atoms. The van der Waals surface area contributed by atoms with Crippen molar-refractivity contribution >= 4 is 17.3 Å². The second-order valence-electron chi connectivity index (χ2n) is 2.87. The van der Waals surface area contributed by atoms with Gasteiger partial charge in [0.1, 0.15) is 0 Å². The van der Waals surface area contributed by atoms with E-state index in [0.717, 1.165) is 6.07 Å². The van der Waals surface area contributed by atoms with Crippen LogP contribution in [-0.2, 0) is 0 Å². The minimum Gasteiger partial charge on any atom is -0.404 e. The molecule has 0 saturated carbocycles. The molecule has 1 aromatic rings. The largest absolute Gasteiger partial charge is 0.573 e. The van der Waals surface area contributed by atoms with E-state index in [1.165, 1.54) is 6.92 Å². The molecule has 0 bridgehead atoms. The molecule has 1 rings (SSSR count). The summed E-state index contributed by atoms with van der Waals surface area (Å²) < 4.78 is 39.3. The fraction of sp³-hybridized carbons (Fsp3) is 0.250. The highest BCUT2D eigenvalue weighted by atomic mass is 35.5. The Morgan fingerprint density at radius 3 is 2.44 bits per heavy atom. The van der Waals surface area contributed by atoms with E-state index in [9.17, 15) is 23.3 Å². The number of hydrogen-bond acceptors (Lipinski definition) is 3. The van der Waals surface area contributed by atoms with Crippen LogP contribution in [0.4, 0.5) is 18.9 Å². The Morgan fingerprint density at radius 1 is 1.44 bits per heavy atom. The van der Waals surface area contributed by atoms with E-state index >= 15 is 0 Å². The molecule has 0 amide bonds. The number of hydrogen-bond donors (Lipinski definition) is 0. The van der Waals surface area contributed by atoms with E-state index in [2.05, 4.69) is 4.74 Å². The molecular formula is C8H5ClF3NO3. The van der Waals surface area contributed by atoms with Crippen LogP contribution < -0.4 is 4.74 Å². The van der Waals surface area contributed by atoms with Crippen LogP contribution >= 0.6 is 11.6 Å². The van der Waals surface area contributed by atoms with E-state index in [4.69, 9.17) is 11.6 Å². The molecule has 0 aromatic heterocycles. The molecule has 0 radical (unpaired) electrons. The van der Waals surface area contributed by atoms with E-state index < -0.39 is 22.7 Å². The maximum absolute atomic E-state index is 11.9. The lowest BCUT2D eigenvalue weighted by atomic mass is 10.2. The molecule has 16 heavy (non-hydrogen) atoms. The second-order valence-corrected chi connectivity index (χ2v) is 3.28. The van der Waals surface area contributed by atoms with Crippen molar-refractivity contribution < 1.29 is 22.8 Å². The predicted octanol–water partition coefficient (Wildman–Crippen LogP) is 3.46. The van der Waals surface area contributed by atoms with Crippen molar-refractivity contribution in [3.05, 3.63) is 32.8 Å². The molecule has 0 saturated heterocycles. The summed E-state index contributed by atoms with van der Waals surface area (Å²) in [5.74, 6) is -0.786. The van der Waals surface area contributed by atoms with Crippen molar-refractivity contribution in [1.29, 1.82) is 0 Å². The molecule has 0 atom stereocenters. The lowest BCUT2D eigenvalue weighted by Gasteiger charge is -2.10. The average Bonchev–Trinajstić information content (AvgIpc) is 2.07. The van der Waals surface area contributed by atoms with Gasteiger partial charge in [-0.1, -0.05) is 11.6 Å². The Bertz CT molecular complexity index is 433. The molecule has 0 aliphatic carbocycles. The highest BCUT2D eigenvalue weighted by Crippen LogP contribution is 2.35. The van der Waals surface area contributed by atoms with Gasteiger partial charge in [0.15, 0.2) is 5.75 Å². The van der Waals surface area contributed by atoms with Crippen LogP contribution in [0.15, 0.2) is 12.1 Å². The molecule has 8 heteroatoms. The quantitative estimate of drug-likeness (QED) is 0.601.